The molecule has 0 saturated heterocycles. The summed E-state index contributed by atoms with van der Waals surface area (Å²) in [6, 6.07) is 19.9. The smallest absolute Gasteiger partial charge is 0.266 e. The van der Waals surface area contributed by atoms with Gasteiger partial charge in [0.15, 0.2) is 0 Å². The van der Waals surface area contributed by atoms with Crippen molar-refractivity contribution in [3.63, 3.8) is 0 Å². The lowest BCUT2D eigenvalue weighted by Crippen LogP contribution is -2.14. The van der Waals surface area contributed by atoms with Crippen LogP contribution < -0.4 is 10.6 Å². The summed E-state index contributed by atoms with van der Waals surface area (Å²) >= 11 is 18.0. The van der Waals surface area contributed by atoms with E-state index in [2.05, 4.69) is 10.6 Å². The van der Waals surface area contributed by atoms with Crippen LogP contribution in [0, 0.1) is 11.3 Å². The Hall–Kier alpha value is -3.30. The van der Waals surface area contributed by atoms with Crippen molar-refractivity contribution in [2.24, 2.45) is 0 Å². The number of carbonyl (C=O) groups excluding carboxylic acids is 2. The average Bonchev–Trinajstić information content (AvgIpc) is 2.75. The Bertz CT molecular complexity index is 1200. The highest BCUT2D eigenvalue weighted by molar-refractivity contribution is 6.40. The van der Waals surface area contributed by atoms with Gasteiger partial charge in [-0.15, -0.1) is 0 Å². The molecule has 3 aromatic carbocycles. The van der Waals surface area contributed by atoms with E-state index in [0.29, 0.717) is 21.8 Å². The Labute approximate surface area is 193 Å². The van der Waals surface area contributed by atoms with E-state index in [4.69, 9.17) is 34.8 Å². The number of benzene rings is 3. The standard InChI is InChI=1S/C23H14Cl3N3O2/c24-17-9-7-15(8-10-17)22(30)28-18-4-1-3-14(12-18)11-16(13-27)23(31)29-21-19(25)5-2-6-20(21)26/h1-12H,(H,28,30)(H,29,31)/b16-11+. The van der Waals surface area contributed by atoms with Crippen molar-refractivity contribution >= 4 is 64.1 Å². The molecular formula is C23H14Cl3N3O2. The predicted molar refractivity (Wildman–Crippen MR) is 125 cm³/mol. The van der Waals surface area contributed by atoms with Gasteiger partial charge in [0.2, 0.25) is 0 Å². The predicted octanol–water partition coefficient (Wildman–Crippen LogP) is 6.44. The number of nitrogens with one attached hydrogen (secondary N) is 2. The van der Waals surface area contributed by atoms with Crippen molar-refractivity contribution in [2.45, 2.75) is 0 Å². The number of rotatable bonds is 5. The number of para-hydroxylation sites is 1. The van der Waals surface area contributed by atoms with Crippen LogP contribution in [0.2, 0.25) is 15.1 Å². The zero-order valence-electron chi connectivity index (χ0n) is 15.8. The first kappa shape index (κ1) is 22.4. The Balaban J connectivity index is 1.78. The third kappa shape index (κ3) is 5.87. The minimum absolute atomic E-state index is 0.155. The summed E-state index contributed by atoms with van der Waals surface area (Å²) in [4.78, 5) is 24.9. The molecule has 2 amide bonds. The second kappa shape index (κ2) is 10.1. The molecule has 31 heavy (non-hydrogen) atoms. The second-order valence-electron chi connectivity index (χ2n) is 6.31. The molecule has 8 heteroatoms. The van der Waals surface area contributed by atoms with Crippen molar-refractivity contribution < 1.29 is 9.59 Å². The second-order valence-corrected chi connectivity index (χ2v) is 7.56. The number of carbonyl (C=O) groups is 2. The molecule has 0 unspecified atom stereocenters. The summed E-state index contributed by atoms with van der Waals surface area (Å²) in [5, 5.41) is 15.8. The molecular weight excluding hydrogens is 457 g/mol. The zero-order chi connectivity index (χ0) is 22.4. The van der Waals surface area contributed by atoms with Crippen LogP contribution in [-0.2, 0) is 4.79 Å². The topological polar surface area (TPSA) is 82.0 Å². The van der Waals surface area contributed by atoms with Gasteiger partial charge in [-0.2, -0.15) is 5.26 Å². The maximum atomic E-state index is 12.5. The number of hydrogen-bond acceptors (Lipinski definition) is 3. The first-order valence-electron chi connectivity index (χ1n) is 8.91. The normalized spacial score (nSPS) is 10.8. The van der Waals surface area contributed by atoms with Gasteiger partial charge in [-0.1, -0.05) is 53.0 Å². The molecule has 3 aromatic rings. The van der Waals surface area contributed by atoms with Crippen LogP contribution in [0.3, 0.4) is 0 Å². The minimum Gasteiger partial charge on any atom is -0.322 e. The van der Waals surface area contributed by atoms with Crippen LogP contribution in [0.25, 0.3) is 6.08 Å². The van der Waals surface area contributed by atoms with Crippen molar-refractivity contribution in [1.29, 1.82) is 5.26 Å². The van der Waals surface area contributed by atoms with Crippen LogP contribution in [-0.4, -0.2) is 11.8 Å². The number of nitriles is 1. The van der Waals surface area contributed by atoms with Gasteiger partial charge in [0.05, 0.1) is 15.7 Å². The van der Waals surface area contributed by atoms with Gasteiger partial charge in [-0.05, 0) is 60.2 Å². The molecule has 0 aliphatic heterocycles. The molecule has 0 aromatic heterocycles. The summed E-state index contributed by atoms with van der Waals surface area (Å²) in [5.41, 5.74) is 1.56. The zero-order valence-corrected chi connectivity index (χ0v) is 18.1. The molecule has 0 bridgehead atoms. The largest absolute Gasteiger partial charge is 0.322 e. The van der Waals surface area contributed by atoms with E-state index < -0.39 is 5.91 Å². The Morgan fingerprint density at radius 2 is 1.52 bits per heavy atom. The van der Waals surface area contributed by atoms with Crippen LogP contribution in [0.5, 0.6) is 0 Å². The molecule has 154 valence electrons. The average molecular weight is 471 g/mol. The molecule has 0 heterocycles. The first-order chi connectivity index (χ1) is 14.9. The van der Waals surface area contributed by atoms with Crippen molar-refractivity contribution in [3.05, 3.63) is 98.5 Å². The van der Waals surface area contributed by atoms with E-state index in [9.17, 15) is 14.9 Å². The van der Waals surface area contributed by atoms with E-state index in [-0.39, 0.29) is 27.2 Å². The highest BCUT2D eigenvalue weighted by Crippen LogP contribution is 2.30. The van der Waals surface area contributed by atoms with Crippen LogP contribution in [0.15, 0.2) is 72.3 Å². The molecule has 5 nitrogen and oxygen atoms in total. The molecule has 0 spiro atoms. The van der Waals surface area contributed by atoms with Gasteiger partial charge in [-0.25, -0.2) is 0 Å². The Morgan fingerprint density at radius 1 is 0.871 bits per heavy atom. The molecule has 0 atom stereocenters. The third-order valence-electron chi connectivity index (χ3n) is 4.13. The van der Waals surface area contributed by atoms with Crippen LogP contribution in [0.4, 0.5) is 11.4 Å². The maximum Gasteiger partial charge on any atom is 0.266 e. The van der Waals surface area contributed by atoms with E-state index in [1.165, 1.54) is 6.08 Å². The Kier molecular flexibility index (Phi) is 7.32. The molecule has 0 aliphatic rings. The fourth-order valence-corrected chi connectivity index (χ4v) is 3.24. The minimum atomic E-state index is -0.659. The molecule has 2 N–H and O–H groups in total. The summed E-state index contributed by atoms with van der Waals surface area (Å²) in [7, 11) is 0. The van der Waals surface area contributed by atoms with Crippen molar-refractivity contribution in [1.82, 2.24) is 0 Å². The van der Waals surface area contributed by atoms with Gasteiger partial charge in [0, 0.05) is 16.3 Å². The van der Waals surface area contributed by atoms with Gasteiger partial charge >= 0.3 is 0 Å². The Morgan fingerprint density at radius 3 is 2.16 bits per heavy atom. The SMILES string of the molecule is N#C/C(=C\c1cccc(NC(=O)c2ccc(Cl)cc2)c1)C(=O)Nc1c(Cl)cccc1Cl. The fraction of sp³-hybridized carbons (Fsp3) is 0. The lowest BCUT2D eigenvalue weighted by Gasteiger charge is -2.09. The van der Waals surface area contributed by atoms with Gasteiger partial charge < -0.3 is 10.6 Å². The number of halogens is 3. The fourth-order valence-electron chi connectivity index (χ4n) is 2.62. The molecule has 3 rings (SSSR count). The molecule has 0 aliphatic carbocycles. The van der Waals surface area contributed by atoms with Crippen LogP contribution in [0.1, 0.15) is 15.9 Å². The summed E-state index contributed by atoms with van der Waals surface area (Å²) < 4.78 is 0. The van der Waals surface area contributed by atoms with Gasteiger partial charge in [-0.3, -0.25) is 9.59 Å². The van der Waals surface area contributed by atoms with Gasteiger partial charge in [0.25, 0.3) is 11.8 Å². The molecule has 0 saturated carbocycles. The quantitative estimate of drug-likeness (QED) is 0.332. The monoisotopic (exact) mass is 469 g/mol. The van der Waals surface area contributed by atoms with Gasteiger partial charge in [0.1, 0.15) is 11.6 Å². The maximum absolute atomic E-state index is 12.5. The van der Waals surface area contributed by atoms with Crippen molar-refractivity contribution in [3.8, 4) is 6.07 Å². The van der Waals surface area contributed by atoms with E-state index >= 15 is 0 Å². The molecule has 0 radical (unpaired) electrons. The first-order valence-corrected chi connectivity index (χ1v) is 10.0. The highest BCUT2D eigenvalue weighted by atomic mass is 35.5. The van der Waals surface area contributed by atoms with Crippen LogP contribution >= 0.6 is 34.8 Å². The lowest BCUT2D eigenvalue weighted by molar-refractivity contribution is -0.112. The summed E-state index contributed by atoms with van der Waals surface area (Å²) in [6.07, 6.45) is 1.40. The number of amides is 2. The lowest BCUT2D eigenvalue weighted by atomic mass is 10.1. The van der Waals surface area contributed by atoms with Crippen molar-refractivity contribution in [2.75, 3.05) is 10.6 Å². The molecule has 0 fully saturated rings. The third-order valence-corrected chi connectivity index (χ3v) is 5.01. The number of hydrogen-bond donors (Lipinski definition) is 2. The summed E-state index contributed by atoms with van der Waals surface area (Å²) in [5.74, 6) is -0.975. The van der Waals surface area contributed by atoms with E-state index in [1.54, 1.807) is 66.7 Å². The van der Waals surface area contributed by atoms with E-state index in [1.807, 2.05) is 6.07 Å². The highest BCUT2D eigenvalue weighted by Gasteiger charge is 2.14. The number of anilines is 2. The van der Waals surface area contributed by atoms with E-state index in [0.717, 1.165) is 0 Å². The summed E-state index contributed by atoms with van der Waals surface area (Å²) in [6.45, 7) is 0. The number of nitrogens with zero attached hydrogens (tertiary/aromatic N) is 1.